The Labute approximate surface area is 316 Å². The summed E-state index contributed by atoms with van der Waals surface area (Å²) in [7, 11) is -37.7. The second-order valence-electron chi connectivity index (χ2n) is 3.13. The molecule has 0 rings (SSSR count). The monoisotopic (exact) mass is 1020 g/mol. The van der Waals surface area contributed by atoms with Gasteiger partial charge >= 0.3 is 131 Å². The van der Waals surface area contributed by atoms with Crippen molar-refractivity contribution in [1.82, 2.24) is 0 Å². The van der Waals surface area contributed by atoms with Crippen LogP contribution in [0.25, 0.3) is 0 Å². The van der Waals surface area contributed by atoms with Crippen molar-refractivity contribution in [3.63, 3.8) is 0 Å². The Hall–Kier alpha value is 5.02. The van der Waals surface area contributed by atoms with Crippen molar-refractivity contribution in [2.45, 2.75) is 0 Å². The zero-order chi connectivity index (χ0) is 31.5. The first-order chi connectivity index (χ1) is 14.0. The Morgan fingerprint density at radius 3 is 0.195 bits per heavy atom. The van der Waals surface area contributed by atoms with E-state index in [0.717, 1.165) is 0 Å². The molecule has 0 saturated carbocycles. The predicted octanol–water partition coefficient (Wildman–Crippen LogP) is -20.9. The summed E-state index contributed by atoms with van der Waals surface area (Å²) < 4.78 is 59.8. The van der Waals surface area contributed by atoms with Crippen molar-refractivity contribution in [3.05, 3.63) is 0 Å². The standard InChI is InChI=1S/3Al.7H3O4P.3Zr/c;;;7*1-5(2,3)4;;;/h;;;7*(H3,1,2,3,4);;;/q3*+3;;;;;;;;3*+4/p-21. The third-order valence-corrected chi connectivity index (χ3v) is 0. The van der Waals surface area contributed by atoms with Crippen LogP contribution in [0.3, 0.4) is 0 Å². The first-order valence-electron chi connectivity index (χ1n) is 5.11. The van der Waals surface area contributed by atoms with E-state index in [1.807, 2.05) is 0 Å². The molecule has 0 aromatic heterocycles. The summed E-state index contributed by atoms with van der Waals surface area (Å²) in [6.45, 7) is 0. The maximum Gasteiger partial charge on any atom is 4.00 e. The predicted molar refractivity (Wildman–Crippen MR) is 70.5 cm³/mol. The Morgan fingerprint density at radius 2 is 0.195 bits per heavy atom. The normalized spacial score (nSPS) is 10.1. The smallest absolute Gasteiger partial charge is 0.822 e. The molecule has 0 aliphatic heterocycles. The van der Waals surface area contributed by atoms with Gasteiger partial charge in [0.05, 0.1) is 0 Å². The van der Waals surface area contributed by atoms with E-state index < -0.39 is 54.8 Å². The number of hydrogen-bond acceptors (Lipinski definition) is 28. The Kier molecular flexibility index (Phi) is 82.3. The van der Waals surface area contributed by atoms with Crippen LogP contribution < -0.4 is 103 Å². The summed E-state index contributed by atoms with van der Waals surface area (Å²) in [5, 5.41) is 0. The van der Waals surface area contributed by atoms with Gasteiger partial charge in [-0.2, -0.15) is 54.8 Å². The van der Waals surface area contributed by atoms with E-state index in [4.69, 9.17) is 135 Å². The zero-order valence-corrected chi connectivity index (χ0v) is 34.9. The van der Waals surface area contributed by atoms with Crippen LogP contribution in [0.4, 0.5) is 0 Å². The second-order valence-corrected chi connectivity index (χ2v) is 9.39. The zero-order valence-electron chi connectivity index (χ0n) is 17.8. The molecule has 41 heavy (non-hydrogen) atoms. The van der Waals surface area contributed by atoms with Crippen molar-refractivity contribution < 1.29 is 213 Å². The summed E-state index contributed by atoms with van der Waals surface area (Å²) in [5.74, 6) is 0. The minimum Gasteiger partial charge on any atom is -0.822 e. The number of hydrogen-bond donors (Lipinski definition) is 0. The van der Waals surface area contributed by atoms with E-state index in [1.165, 1.54) is 0 Å². The molecule has 224 valence electrons. The van der Waals surface area contributed by atoms with Crippen molar-refractivity contribution in [3.8, 4) is 0 Å². The van der Waals surface area contributed by atoms with Crippen LogP contribution in [-0.4, -0.2) is 52.1 Å². The number of rotatable bonds is 0. The molecule has 0 amide bonds. The van der Waals surface area contributed by atoms with Crippen LogP contribution >= 0.6 is 54.8 Å². The SMILES string of the molecule is O=P([O-])([O-])[O-].O=P([O-])([O-])[O-].O=P([O-])([O-])[O-].O=P([O-])([O-])[O-].O=P([O-])([O-])[O-].O=P([O-])([O-])[O-].O=P([O-])([O-])[O-].[Al+3].[Al+3].[Al+3].[Zr+4].[Zr+4].[Zr+4]. The largest absolute Gasteiger partial charge is 4.00 e. The van der Waals surface area contributed by atoms with E-state index in [2.05, 4.69) is 0 Å². The molecule has 0 N–H and O–H groups in total. The second kappa shape index (κ2) is 39.5. The molecule has 0 unspecified atom stereocenters. The van der Waals surface area contributed by atoms with E-state index in [0.29, 0.717) is 0 Å². The van der Waals surface area contributed by atoms with Gasteiger partial charge in [-0.15, -0.1) is 0 Å². The summed E-state index contributed by atoms with van der Waals surface area (Å²) >= 11 is 0. The van der Waals surface area contributed by atoms with E-state index >= 15 is 0 Å². The quantitative estimate of drug-likeness (QED) is 0.161. The molecular formula is Al3O28P7Zr3. The van der Waals surface area contributed by atoms with Crippen LogP contribution in [0.1, 0.15) is 0 Å². The fourth-order valence-electron chi connectivity index (χ4n) is 0. The molecule has 0 saturated heterocycles. The van der Waals surface area contributed by atoms with Crippen LogP contribution in [0.2, 0.25) is 0 Å². The average molecular weight is 1020 g/mol. The van der Waals surface area contributed by atoms with E-state index in [9.17, 15) is 0 Å². The molecule has 0 radical (unpaired) electrons. The fraction of sp³-hybridized carbons (Fsp3) is 0. The van der Waals surface area contributed by atoms with Crippen LogP contribution in [0.5, 0.6) is 0 Å². The molecule has 0 aromatic carbocycles. The van der Waals surface area contributed by atoms with Gasteiger partial charge in [0.1, 0.15) is 0 Å². The van der Waals surface area contributed by atoms with E-state index in [-0.39, 0.29) is 131 Å². The Bertz CT molecular complexity index is 576. The van der Waals surface area contributed by atoms with Crippen molar-refractivity contribution in [1.29, 1.82) is 0 Å². The van der Waals surface area contributed by atoms with Crippen LogP contribution in [0.15, 0.2) is 0 Å². The molecule has 0 atom stereocenters. The van der Waals surface area contributed by atoms with Gasteiger partial charge in [-0.25, -0.2) is 0 Å². The molecule has 28 nitrogen and oxygen atoms in total. The van der Waals surface area contributed by atoms with Gasteiger partial charge in [0, 0.05) is 0 Å². The molecule has 0 aliphatic rings. The molecule has 0 heterocycles. The molecule has 0 fully saturated rings. The van der Waals surface area contributed by atoms with Gasteiger partial charge in [-0.05, 0) is 0 Å². The maximum absolute atomic E-state index is 8.55. The van der Waals surface area contributed by atoms with Gasteiger partial charge in [0.2, 0.25) is 0 Å². The summed E-state index contributed by atoms with van der Waals surface area (Å²) in [6, 6.07) is 0. The van der Waals surface area contributed by atoms with Gasteiger partial charge in [-0.1, -0.05) is 0 Å². The third kappa shape index (κ3) is 3310. The van der Waals surface area contributed by atoms with Gasteiger partial charge in [0.25, 0.3) is 0 Å². The Balaban J connectivity index is -0.0000000198. The molecule has 0 spiro atoms. The van der Waals surface area contributed by atoms with Gasteiger partial charge < -0.3 is 135 Å². The Morgan fingerprint density at radius 1 is 0.195 bits per heavy atom. The van der Waals surface area contributed by atoms with Crippen LogP contribution in [-0.2, 0) is 111 Å². The van der Waals surface area contributed by atoms with Crippen molar-refractivity contribution in [2.24, 2.45) is 0 Å². The first kappa shape index (κ1) is 85.5. The van der Waals surface area contributed by atoms with Crippen molar-refractivity contribution in [2.75, 3.05) is 0 Å². The van der Waals surface area contributed by atoms with Crippen molar-refractivity contribution >= 4 is 107 Å². The molecule has 0 bridgehead atoms. The fourth-order valence-corrected chi connectivity index (χ4v) is 0. The van der Waals surface area contributed by atoms with Gasteiger partial charge in [0.15, 0.2) is 0 Å². The molecule has 0 aliphatic carbocycles. The topological polar surface area (TPSA) is 604 Å². The number of phosphoric acid groups is 7. The maximum atomic E-state index is 8.55. The summed E-state index contributed by atoms with van der Waals surface area (Å²) in [6.07, 6.45) is 0. The van der Waals surface area contributed by atoms with Crippen LogP contribution in [0, 0.1) is 0 Å². The minimum atomic E-state index is -5.39. The molecule has 41 heteroatoms. The summed E-state index contributed by atoms with van der Waals surface area (Å²) in [4.78, 5) is 180. The summed E-state index contributed by atoms with van der Waals surface area (Å²) in [5.41, 5.74) is 0. The first-order valence-corrected chi connectivity index (χ1v) is 15.3. The minimum absolute atomic E-state index is 0. The van der Waals surface area contributed by atoms with Gasteiger partial charge in [-0.3, -0.25) is 0 Å². The van der Waals surface area contributed by atoms with E-state index in [1.54, 1.807) is 0 Å². The molecular weight excluding hydrogens is 1020 g/mol. The average Bonchev–Trinajstić information content (AvgIpc) is 2.06. The molecule has 0 aromatic rings. The third-order valence-electron chi connectivity index (χ3n) is 0.